The molecule has 0 unspecified atom stereocenters. The minimum Gasteiger partial charge on any atom is -0.454 e. The van der Waals surface area contributed by atoms with Gasteiger partial charge in [-0.05, 0) is 49.4 Å². The maximum absolute atomic E-state index is 13.3. The molecule has 3 aliphatic heterocycles. The number of aromatic nitrogens is 2. The van der Waals surface area contributed by atoms with Gasteiger partial charge in [0.1, 0.15) is 10.7 Å². The molecule has 3 aliphatic rings. The molecule has 6 rings (SSSR count). The predicted octanol–water partition coefficient (Wildman–Crippen LogP) is 2.92. The van der Waals surface area contributed by atoms with Crippen molar-refractivity contribution >= 4 is 27.5 Å². The van der Waals surface area contributed by atoms with Gasteiger partial charge in [0.25, 0.3) is 11.5 Å². The van der Waals surface area contributed by atoms with Crippen molar-refractivity contribution in [2.24, 2.45) is 0 Å². The molecule has 2 aromatic heterocycles. The van der Waals surface area contributed by atoms with Crippen LogP contribution in [0, 0.1) is 6.92 Å². The summed E-state index contributed by atoms with van der Waals surface area (Å²) < 4.78 is 18.4. The average Bonchev–Trinajstić information content (AvgIpc) is 3.56. The van der Waals surface area contributed by atoms with Crippen LogP contribution in [0.3, 0.4) is 0 Å². The Labute approximate surface area is 194 Å². The van der Waals surface area contributed by atoms with Crippen molar-refractivity contribution in [3.05, 3.63) is 50.4 Å². The van der Waals surface area contributed by atoms with Crippen LogP contribution in [0.1, 0.15) is 45.9 Å². The average molecular weight is 468 g/mol. The number of hydrogen-bond donors (Lipinski definition) is 1. The van der Waals surface area contributed by atoms with Gasteiger partial charge in [0, 0.05) is 38.1 Å². The molecule has 3 aromatic rings. The topological polar surface area (TPSA) is 91.7 Å². The van der Waals surface area contributed by atoms with Crippen LogP contribution in [-0.4, -0.2) is 42.0 Å². The molecule has 5 heterocycles. The van der Waals surface area contributed by atoms with E-state index in [2.05, 4.69) is 16.4 Å². The number of carbonyl (C=O) groups is 1. The van der Waals surface area contributed by atoms with E-state index in [9.17, 15) is 9.59 Å². The highest BCUT2D eigenvalue weighted by molar-refractivity contribution is 7.20. The van der Waals surface area contributed by atoms with Gasteiger partial charge in [-0.1, -0.05) is 6.07 Å². The van der Waals surface area contributed by atoms with Gasteiger partial charge in [-0.25, -0.2) is 4.98 Å². The highest BCUT2D eigenvalue weighted by atomic mass is 32.1. The fraction of sp³-hybridized carbons (Fsp3) is 0.458. The fourth-order valence-electron chi connectivity index (χ4n) is 5.18. The van der Waals surface area contributed by atoms with Crippen LogP contribution >= 0.6 is 11.3 Å². The Morgan fingerprint density at radius 2 is 2.06 bits per heavy atom. The van der Waals surface area contributed by atoms with Crippen LogP contribution in [0.4, 0.5) is 0 Å². The summed E-state index contributed by atoms with van der Waals surface area (Å²) in [4.78, 5) is 32.2. The Balaban J connectivity index is 1.30. The number of carbonyl (C=O) groups excluding carboxylic acids is 1. The summed E-state index contributed by atoms with van der Waals surface area (Å²) in [7, 11) is 0. The Kier molecular flexibility index (Phi) is 4.92. The van der Waals surface area contributed by atoms with Crippen LogP contribution in [0.2, 0.25) is 0 Å². The molecule has 1 fully saturated rings. The van der Waals surface area contributed by atoms with Crippen molar-refractivity contribution in [2.45, 2.75) is 44.6 Å². The first-order chi connectivity index (χ1) is 16.1. The van der Waals surface area contributed by atoms with E-state index in [-0.39, 0.29) is 23.7 Å². The van der Waals surface area contributed by atoms with Crippen LogP contribution in [0.15, 0.2) is 23.0 Å². The lowest BCUT2D eigenvalue weighted by Crippen LogP contribution is -2.44. The predicted molar refractivity (Wildman–Crippen MR) is 124 cm³/mol. The number of benzene rings is 1. The molecule has 1 N–H and O–H groups in total. The minimum absolute atomic E-state index is 0.0263. The highest BCUT2D eigenvalue weighted by Gasteiger charge is 2.36. The standard InChI is InChI=1S/C24H25N3O5S/c1-14-19-22(26-18-3-2-8-27(18)23(19)29)33-20(14)21(28)25-12-24(6-9-30-10-7-24)15-4-5-16-17(11-15)32-13-31-16/h4-5,11H,2-3,6-10,12-13H2,1H3,(H,25,28). The van der Waals surface area contributed by atoms with Gasteiger partial charge in [-0.2, -0.15) is 0 Å². The zero-order valence-electron chi connectivity index (χ0n) is 18.4. The molecule has 172 valence electrons. The number of ether oxygens (including phenoxy) is 3. The zero-order valence-corrected chi connectivity index (χ0v) is 19.3. The van der Waals surface area contributed by atoms with Crippen molar-refractivity contribution in [3.8, 4) is 11.5 Å². The maximum atomic E-state index is 13.3. The molecule has 0 spiro atoms. The largest absolute Gasteiger partial charge is 0.454 e. The smallest absolute Gasteiger partial charge is 0.262 e. The van der Waals surface area contributed by atoms with E-state index in [0.29, 0.717) is 41.4 Å². The highest BCUT2D eigenvalue weighted by Crippen LogP contribution is 2.40. The van der Waals surface area contributed by atoms with Gasteiger partial charge in [-0.15, -0.1) is 11.3 Å². The second-order valence-corrected chi connectivity index (χ2v) is 9.97. The molecule has 0 saturated carbocycles. The third kappa shape index (κ3) is 3.33. The summed E-state index contributed by atoms with van der Waals surface area (Å²) in [6.45, 7) is 4.53. The van der Waals surface area contributed by atoms with Gasteiger partial charge in [-0.3, -0.25) is 14.2 Å². The Morgan fingerprint density at radius 3 is 2.91 bits per heavy atom. The van der Waals surface area contributed by atoms with Crippen molar-refractivity contribution in [2.75, 3.05) is 26.6 Å². The second-order valence-electron chi connectivity index (χ2n) is 8.97. The van der Waals surface area contributed by atoms with Crippen LogP contribution in [0.25, 0.3) is 10.2 Å². The van der Waals surface area contributed by atoms with E-state index >= 15 is 0 Å². The van der Waals surface area contributed by atoms with E-state index in [1.54, 1.807) is 4.57 Å². The fourth-order valence-corrected chi connectivity index (χ4v) is 6.28. The number of aryl methyl sites for hydroxylation is 2. The summed E-state index contributed by atoms with van der Waals surface area (Å²) in [5.41, 5.74) is 1.55. The molecule has 0 radical (unpaired) electrons. The number of amides is 1. The van der Waals surface area contributed by atoms with Gasteiger partial charge in [0.2, 0.25) is 6.79 Å². The third-order valence-electron chi connectivity index (χ3n) is 7.14. The molecule has 1 saturated heterocycles. The molecule has 33 heavy (non-hydrogen) atoms. The summed E-state index contributed by atoms with van der Waals surface area (Å²) in [6, 6.07) is 6.02. The third-order valence-corrected chi connectivity index (χ3v) is 8.32. The summed E-state index contributed by atoms with van der Waals surface area (Å²) in [5, 5.41) is 3.74. The van der Waals surface area contributed by atoms with Crippen LogP contribution in [0.5, 0.6) is 11.5 Å². The lowest BCUT2D eigenvalue weighted by molar-refractivity contribution is 0.0487. The Hall–Kier alpha value is -2.91. The van der Waals surface area contributed by atoms with Gasteiger partial charge in [0.05, 0.1) is 10.3 Å². The molecule has 8 nitrogen and oxygen atoms in total. The number of rotatable bonds is 4. The first-order valence-electron chi connectivity index (χ1n) is 11.3. The quantitative estimate of drug-likeness (QED) is 0.635. The van der Waals surface area contributed by atoms with Crippen molar-refractivity contribution in [1.29, 1.82) is 0 Å². The van der Waals surface area contributed by atoms with E-state index < -0.39 is 0 Å². The van der Waals surface area contributed by atoms with Crippen molar-refractivity contribution in [1.82, 2.24) is 14.9 Å². The molecule has 0 bridgehead atoms. The van der Waals surface area contributed by atoms with E-state index in [4.69, 9.17) is 14.2 Å². The summed E-state index contributed by atoms with van der Waals surface area (Å²) in [5.74, 6) is 2.15. The molecule has 9 heteroatoms. The second kappa shape index (κ2) is 7.85. The molecular weight excluding hydrogens is 442 g/mol. The normalized spacial score (nSPS) is 18.5. The molecule has 0 atom stereocenters. The van der Waals surface area contributed by atoms with E-state index in [1.165, 1.54) is 11.3 Å². The lowest BCUT2D eigenvalue weighted by Gasteiger charge is -2.38. The Bertz CT molecular complexity index is 1320. The van der Waals surface area contributed by atoms with Gasteiger partial charge >= 0.3 is 0 Å². The summed E-state index contributed by atoms with van der Waals surface area (Å²) in [6.07, 6.45) is 3.35. The molecular formula is C24H25N3O5S. The summed E-state index contributed by atoms with van der Waals surface area (Å²) >= 11 is 1.31. The SMILES string of the molecule is Cc1c(C(=O)NCC2(c3ccc4c(c3)OCO4)CCOCC2)sc2nc3n(c(=O)c12)CCC3. The van der Waals surface area contributed by atoms with Gasteiger partial charge < -0.3 is 19.5 Å². The van der Waals surface area contributed by atoms with Gasteiger partial charge in [0.15, 0.2) is 11.5 Å². The van der Waals surface area contributed by atoms with Crippen molar-refractivity contribution < 1.29 is 19.0 Å². The number of hydrogen-bond acceptors (Lipinski definition) is 7. The first-order valence-corrected chi connectivity index (χ1v) is 12.2. The zero-order chi connectivity index (χ0) is 22.6. The number of thiophene rings is 1. The number of fused-ring (bicyclic) bond motifs is 3. The van der Waals surface area contributed by atoms with Crippen molar-refractivity contribution in [3.63, 3.8) is 0 Å². The minimum atomic E-state index is -0.252. The maximum Gasteiger partial charge on any atom is 0.262 e. The van der Waals surface area contributed by atoms with E-state index in [1.807, 2.05) is 19.1 Å². The monoisotopic (exact) mass is 467 g/mol. The lowest BCUT2D eigenvalue weighted by atomic mass is 9.74. The molecule has 1 amide bonds. The first kappa shape index (κ1) is 20.7. The molecule has 1 aromatic carbocycles. The van der Waals surface area contributed by atoms with E-state index in [0.717, 1.165) is 54.1 Å². The van der Waals surface area contributed by atoms with Crippen LogP contribution in [-0.2, 0) is 23.1 Å². The Morgan fingerprint density at radius 1 is 1.24 bits per heavy atom. The number of nitrogens with one attached hydrogen (secondary N) is 1. The molecule has 0 aliphatic carbocycles. The number of nitrogens with zero attached hydrogens (tertiary/aromatic N) is 2. The van der Waals surface area contributed by atoms with Crippen LogP contribution < -0.4 is 20.3 Å².